The molecule has 4 rings (SSSR count). The van der Waals surface area contributed by atoms with Gasteiger partial charge in [-0.25, -0.2) is 9.78 Å². The average Bonchev–Trinajstić information content (AvgIpc) is 3.21. The van der Waals surface area contributed by atoms with Crippen LogP contribution in [0.3, 0.4) is 0 Å². The summed E-state index contributed by atoms with van der Waals surface area (Å²) in [5.74, 6) is -0.431. The first-order valence-electron chi connectivity index (χ1n) is 9.73. The first kappa shape index (κ1) is 19.4. The number of piperidine rings is 1. The molecule has 1 atom stereocenters. The zero-order chi connectivity index (χ0) is 20.2. The van der Waals surface area contributed by atoms with Gasteiger partial charge in [-0.15, -0.1) is 11.3 Å². The molecule has 3 aromatic rings. The lowest BCUT2D eigenvalue weighted by molar-refractivity contribution is -0.135. The summed E-state index contributed by atoms with van der Waals surface area (Å²) in [6, 6.07) is 15.2. The quantitative estimate of drug-likeness (QED) is 0.647. The van der Waals surface area contributed by atoms with Gasteiger partial charge < -0.3 is 15.0 Å². The van der Waals surface area contributed by atoms with Crippen molar-refractivity contribution >= 4 is 39.1 Å². The summed E-state index contributed by atoms with van der Waals surface area (Å²) in [5.41, 5.74) is 2.11. The van der Waals surface area contributed by atoms with Gasteiger partial charge >= 0.3 is 5.97 Å². The van der Waals surface area contributed by atoms with E-state index in [-0.39, 0.29) is 18.4 Å². The van der Waals surface area contributed by atoms with Gasteiger partial charge in [-0.2, -0.15) is 0 Å². The van der Waals surface area contributed by atoms with Gasteiger partial charge in [0.2, 0.25) is 0 Å². The molecule has 2 heterocycles. The highest BCUT2D eigenvalue weighted by molar-refractivity contribution is 7.18. The van der Waals surface area contributed by atoms with E-state index >= 15 is 0 Å². The molecule has 0 aliphatic carbocycles. The van der Waals surface area contributed by atoms with Crippen LogP contribution in [0.1, 0.15) is 34.1 Å². The summed E-state index contributed by atoms with van der Waals surface area (Å²) >= 11 is 1.70. The van der Waals surface area contributed by atoms with Crippen molar-refractivity contribution in [3.63, 3.8) is 0 Å². The van der Waals surface area contributed by atoms with E-state index < -0.39 is 5.97 Å². The van der Waals surface area contributed by atoms with E-state index in [1.54, 1.807) is 41.5 Å². The Labute approximate surface area is 173 Å². The third-order valence-corrected chi connectivity index (χ3v) is 6.38. The number of carbonyl (C=O) groups excluding carboxylic acids is 2. The van der Waals surface area contributed by atoms with E-state index in [9.17, 15) is 9.59 Å². The first-order valence-corrected chi connectivity index (χ1v) is 10.5. The molecule has 0 radical (unpaired) electrons. The summed E-state index contributed by atoms with van der Waals surface area (Å²) in [4.78, 5) is 31.5. The molecule has 1 fully saturated rings. The van der Waals surface area contributed by atoms with Crippen LogP contribution in [0, 0.1) is 0 Å². The maximum atomic E-state index is 12.7. The van der Waals surface area contributed by atoms with Gasteiger partial charge in [-0.1, -0.05) is 24.3 Å². The summed E-state index contributed by atoms with van der Waals surface area (Å²) in [7, 11) is 1.74. The lowest BCUT2D eigenvalue weighted by atomic mass is 9.99. The zero-order valence-electron chi connectivity index (χ0n) is 16.3. The fourth-order valence-electron chi connectivity index (χ4n) is 3.65. The largest absolute Gasteiger partial charge is 0.452 e. The molecule has 6 nitrogen and oxygen atoms in total. The van der Waals surface area contributed by atoms with Gasteiger partial charge in [0.1, 0.15) is 0 Å². The number of carbonyl (C=O) groups is 2. The number of hydrogen-bond donors (Lipinski definition) is 1. The minimum Gasteiger partial charge on any atom is -0.452 e. The molecule has 0 spiro atoms. The van der Waals surface area contributed by atoms with Crippen LogP contribution < -0.4 is 5.32 Å². The number of thiazole rings is 1. The van der Waals surface area contributed by atoms with E-state index in [2.05, 4.69) is 11.4 Å². The van der Waals surface area contributed by atoms with E-state index in [4.69, 9.17) is 9.72 Å². The van der Waals surface area contributed by atoms with Crippen LogP contribution in [0.25, 0.3) is 10.2 Å². The number of nitrogens with zero attached hydrogens (tertiary/aromatic N) is 2. The number of amides is 1. The standard InChI is InChI=1S/C22H23N3O3S/c1-23-17-9-3-2-8-16(17)22(27)28-14-20(26)25-12-6-7-15(13-25)21-24-18-10-4-5-11-19(18)29-21/h2-5,8-11,15,23H,6-7,12-14H2,1H3/t15-/m1/s1. The Bertz CT molecular complexity index is 1000. The molecule has 1 saturated heterocycles. The summed E-state index contributed by atoms with van der Waals surface area (Å²) in [6.07, 6.45) is 1.93. The number of esters is 1. The second-order valence-electron chi connectivity index (χ2n) is 7.07. The Morgan fingerprint density at radius 2 is 2.00 bits per heavy atom. The molecule has 0 bridgehead atoms. The Hall–Kier alpha value is -2.93. The van der Waals surface area contributed by atoms with Crippen molar-refractivity contribution in [2.45, 2.75) is 18.8 Å². The van der Waals surface area contributed by atoms with E-state index in [1.807, 2.05) is 24.3 Å². The number of fused-ring (bicyclic) bond motifs is 1. The van der Waals surface area contributed by atoms with Crippen LogP contribution >= 0.6 is 11.3 Å². The number of likely N-dealkylation sites (tertiary alicyclic amines) is 1. The molecule has 0 unspecified atom stereocenters. The maximum Gasteiger partial charge on any atom is 0.340 e. The fourth-order valence-corrected chi connectivity index (χ4v) is 4.74. The number of anilines is 1. The molecule has 150 valence electrons. The van der Waals surface area contributed by atoms with E-state index in [0.29, 0.717) is 24.3 Å². The predicted molar refractivity (Wildman–Crippen MR) is 114 cm³/mol. The first-order chi connectivity index (χ1) is 14.2. The van der Waals surface area contributed by atoms with E-state index in [0.717, 1.165) is 23.4 Å². The monoisotopic (exact) mass is 409 g/mol. The molecule has 2 aromatic carbocycles. The Morgan fingerprint density at radius 3 is 2.83 bits per heavy atom. The molecular formula is C22H23N3O3S. The topological polar surface area (TPSA) is 71.5 Å². The fraction of sp³-hybridized carbons (Fsp3) is 0.318. The number of para-hydroxylation sites is 2. The van der Waals surface area contributed by atoms with Gasteiger partial charge in [0, 0.05) is 31.7 Å². The zero-order valence-corrected chi connectivity index (χ0v) is 17.1. The Kier molecular flexibility index (Phi) is 5.76. The third kappa shape index (κ3) is 4.24. The lowest BCUT2D eigenvalue weighted by Gasteiger charge is -2.31. The van der Waals surface area contributed by atoms with Crippen molar-refractivity contribution < 1.29 is 14.3 Å². The maximum absolute atomic E-state index is 12.7. The summed E-state index contributed by atoms with van der Waals surface area (Å²) < 4.78 is 6.46. The number of hydrogen-bond acceptors (Lipinski definition) is 6. The molecule has 7 heteroatoms. The predicted octanol–water partition coefficient (Wildman–Crippen LogP) is 3.90. The second kappa shape index (κ2) is 8.61. The van der Waals surface area contributed by atoms with Gasteiger partial charge in [0.05, 0.1) is 20.8 Å². The van der Waals surface area contributed by atoms with Crippen LogP contribution in [0.4, 0.5) is 5.69 Å². The minimum absolute atomic E-state index is 0.161. The van der Waals surface area contributed by atoms with Crippen molar-refractivity contribution in [3.05, 3.63) is 59.1 Å². The highest BCUT2D eigenvalue weighted by atomic mass is 32.1. The third-order valence-electron chi connectivity index (χ3n) is 5.18. The highest BCUT2D eigenvalue weighted by Gasteiger charge is 2.27. The number of ether oxygens (including phenoxy) is 1. The van der Waals surface area contributed by atoms with Crippen molar-refractivity contribution in [1.29, 1.82) is 0 Å². The molecule has 1 N–H and O–H groups in total. The van der Waals surface area contributed by atoms with Crippen LogP contribution in [0.15, 0.2) is 48.5 Å². The molecular weight excluding hydrogens is 386 g/mol. The summed E-state index contributed by atoms with van der Waals surface area (Å²) in [6.45, 7) is 1.05. The van der Waals surface area contributed by atoms with Gasteiger partial charge in [0.15, 0.2) is 6.61 Å². The average molecular weight is 410 g/mol. The summed E-state index contributed by atoms with van der Waals surface area (Å²) in [5, 5.41) is 4.03. The van der Waals surface area contributed by atoms with Crippen molar-refractivity contribution in [2.24, 2.45) is 0 Å². The van der Waals surface area contributed by atoms with Gasteiger partial charge in [-0.05, 0) is 37.1 Å². The normalized spacial score (nSPS) is 16.6. The van der Waals surface area contributed by atoms with Gasteiger partial charge in [-0.3, -0.25) is 4.79 Å². The van der Waals surface area contributed by atoms with Gasteiger partial charge in [0.25, 0.3) is 5.91 Å². The lowest BCUT2D eigenvalue weighted by Crippen LogP contribution is -2.41. The van der Waals surface area contributed by atoms with Crippen molar-refractivity contribution in [1.82, 2.24) is 9.88 Å². The molecule has 1 aliphatic rings. The molecule has 0 saturated carbocycles. The SMILES string of the molecule is CNc1ccccc1C(=O)OCC(=O)N1CCC[C@@H](c2nc3ccccc3s2)C1. The van der Waals surface area contributed by atoms with Crippen LogP contribution in [-0.2, 0) is 9.53 Å². The molecule has 1 aliphatic heterocycles. The number of benzene rings is 2. The van der Waals surface area contributed by atoms with E-state index in [1.165, 1.54) is 4.70 Å². The minimum atomic E-state index is -0.497. The molecule has 29 heavy (non-hydrogen) atoms. The van der Waals surface area contributed by atoms with Crippen LogP contribution in [0.2, 0.25) is 0 Å². The highest BCUT2D eigenvalue weighted by Crippen LogP contribution is 2.33. The molecule has 1 amide bonds. The van der Waals surface area contributed by atoms with Crippen molar-refractivity contribution in [2.75, 3.05) is 32.1 Å². The Morgan fingerprint density at radius 1 is 1.21 bits per heavy atom. The van der Waals surface area contributed by atoms with Crippen LogP contribution in [0.5, 0.6) is 0 Å². The number of nitrogens with one attached hydrogen (secondary N) is 1. The second-order valence-corrected chi connectivity index (χ2v) is 8.13. The number of rotatable bonds is 5. The van der Waals surface area contributed by atoms with Crippen LogP contribution in [-0.4, -0.2) is 48.5 Å². The van der Waals surface area contributed by atoms with Crippen molar-refractivity contribution in [3.8, 4) is 0 Å². The molecule has 1 aromatic heterocycles. The Balaban J connectivity index is 1.38. The smallest absolute Gasteiger partial charge is 0.340 e. The number of aromatic nitrogens is 1.